The molecule has 0 aliphatic heterocycles. The van der Waals surface area contributed by atoms with Crippen LogP contribution in [0.2, 0.25) is 0 Å². The summed E-state index contributed by atoms with van der Waals surface area (Å²) in [6.45, 7) is 0. The fraction of sp³-hybridized carbons (Fsp3) is 0.200. The molecule has 2 rings (SSSR count). The molecule has 6 heteroatoms. The van der Waals surface area contributed by atoms with E-state index in [0.717, 1.165) is 16.8 Å². The Bertz CT molecular complexity index is 609. The van der Waals surface area contributed by atoms with Gasteiger partial charge in [0.1, 0.15) is 11.5 Å². The molecule has 0 amide bonds. The van der Waals surface area contributed by atoms with Gasteiger partial charge in [0.15, 0.2) is 0 Å². The van der Waals surface area contributed by atoms with Crippen LogP contribution in [0.5, 0.6) is 11.5 Å². The van der Waals surface area contributed by atoms with Crippen molar-refractivity contribution in [2.45, 2.75) is 6.36 Å². The molecule has 0 saturated carbocycles. The molecule has 0 aliphatic carbocycles. The summed E-state index contributed by atoms with van der Waals surface area (Å²) in [6.07, 6.45) is -4.68. The van der Waals surface area contributed by atoms with E-state index in [-0.39, 0.29) is 5.75 Å². The third kappa shape index (κ3) is 3.81. The van der Waals surface area contributed by atoms with Crippen LogP contribution in [0.1, 0.15) is 0 Å². The van der Waals surface area contributed by atoms with E-state index < -0.39 is 6.36 Å². The van der Waals surface area contributed by atoms with Gasteiger partial charge in [-0.25, -0.2) is 0 Å². The lowest BCUT2D eigenvalue weighted by molar-refractivity contribution is -0.274. The number of halogens is 3. The van der Waals surface area contributed by atoms with Crippen molar-refractivity contribution in [1.29, 1.82) is 0 Å². The van der Waals surface area contributed by atoms with Crippen LogP contribution in [0.15, 0.2) is 42.5 Å². The summed E-state index contributed by atoms with van der Waals surface area (Å²) < 4.78 is 45.3. The summed E-state index contributed by atoms with van der Waals surface area (Å²) in [5.74, 6) is 0.451. The second-order valence-corrected chi connectivity index (χ2v) is 4.24. The molecule has 2 aromatic rings. The van der Waals surface area contributed by atoms with E-state index in [9.17, 15) is 13.2 Å². The number of methoxy groups -OCH3 is 1. The highest BCUT2D eigenvalue weighted by Crippen LogP contribution is 2.31. The first-order valence-corrected chi connectivity index (χ1v) is 6.15. The summed E-state index contributed by atoms with van der Waals surface area (Å²) in [5.41, 5.74) is 2.44. The standard InChI is InChI=1S/C15H14F3NO2/c1-19-13-9-11(5-8-14(13)20-2)10-3-6-12(7-4-10)21-15(16,17)18/h3-9,19H,1-2H3. The maximum atomic E-state index is 12.1. The van der Waals surface area contributed by atoms with E-state index in [1.165, 1.54) is 12.1 Å². The average molecular weight is 297 g/mol. The maximum absolute atomic E-state index is 12.1. The highest BCUT2D eigenvalue weighted by molar-refractivity contribution is 5.72. The van der Waals surface area contributed by atoms with Crippen molar-refractivity contribution >= 4 is 5.69 Å². The third-order valence-electron chi connectivity index (χ3n) is 2.89. The number of hydrogen-bond acceptors (Lipinski definition) is 3. The molecule has 0 saturated heterocycles. The highest BCUT2D eigenvalue weighted by Gasteiger charge is 2.30. The van der Waals surface area contributed by atoms with Crippen molar-refractivity contribution in [1.82, 2.24) is 0 Å². The van der Waals surface area contributed by atoms with E-state index in [2.05, 4.69) is 10.1 Å². The highest BCUT2D eigenvalue weighted by atomic mass is 19.4. The first kappa shape index (κ1) is 15.0. The van der Waals surface area contributed by atoms with Crippen LogP contribution in [-0.4, -0.2) is 20.5 Å². The van der Waals surface area contributed by atoms with Crippen molar-refractivity contribution in [2.24, 2.45) is 0 Å². The number of benzene rings is 2. The predicted molar refractivity (Wildman–Crippen MR) is 74.7 cm³/mol. The van der Waals surface area contributed by atoms with Crippen molar-refractivity contribution in [3.8, 4) is 22.6 Å². The number of ether oxygens (including phenoxy) is 2. The summed E-state index contributed by atoms with van der Waals surface area (Å²) in [5, 5.41) is 3.00. The lowest BCUT2D eigenvalue weighted by Gasteiger charge is -2.12. The van der Waals surface area contributed by atoms with Crippen molar-refractivity contribution in [3.05, 3.63) is 42.5 Å². The first-order valence-electron chi connectivity index (χ1n) is 6.15. The molecule has 0 atom stereocenters. The second-order valence-electron chi connectivity index (χ2n) is 4.24. The molecule has 0 spiro atoms. The van der Waals surface area contributed by atoms with Gasteiger partial charge in [-0.2, -0.15) is 0 Å². The average Bonchev–Trinajstić information content (AvgIpc) is 2.45. The van der Waals surface area contributed by atoms with Crippen molar-refractivity contribution < 1.29 is 22.6 Å². The Morgan fingerprint density at radius 2 is 1.57 bits per heavy atom. The molecule has 0 fully saturated rings. The molecule has 1 N–H and O–H groups in total. The fourth-order valence-corrected chi connectivity index (χ4v) is 1.93. The molecule has 21 heavy (non-hydrogen) atoms. The minimum atomic E-state index is -4.68. The molecule has 0 aromatic heterocycles. The van der Waals surface area contributed by atoms with Crippen molar-refractivity contribution in [3.63, 3.8) is 0 Å². The van der Waals surface area contributed by atoms with E-state index in [0.29, 0.717) is 5.75 Å². The van der Waals surface area contributed by atoms with E-state index in [1.807, 2.05) is 12.1 Å². The summed E-state index contributed by atoms with van der Waals surface area (Å²) in [6, 6.07) is 11.2. The fourth-order valence-electron chi connectivity index (χ4n) is 1.93. The summed E-state index contributed by atoms with van der Waals surface area (Å²) >= 11 is 0. The molecule has 0 heterocycles. The second kappa shape index (κ2) is 5.95. The van der Waals surface area contributed by atoms with Crippen LogP contribution < -0.4 is 14.8 Å². The zero-order valence-corrected chi connectivity index (χ0v) is 11.5. The third-order valence-corrected chi connectivity index (χ3v) is 2.89. The van der Waals surface area contributed by atoms with Crippen LogP contribution in [0, 0.1) is 0 Å². The van der Waals surface area contributed by atoms with Gasteiger partial charge < -0.3 is 14.8 Å². The Hall–Kier alpha value is -2.37. The van der Waals surface area contributed by atoms with Crippen LogP contribution in [0.25, 0.3) is 11.1 Å². The summed E-state index contributed by atoms with van der Waals surface area (Å²) in [7, 11) is 3.33. The number of alkyl halides is 3. The molecule has 0 aliphatic rings. The number of anilines is 1. The number of rotatable bonds is 4. The molecule has 3 nitrogen and oxygen atoms in total. The molecule has 0 radical (unpaired) electrons. The van der Waals surface area contributed by atoms with Gasteiger partial charge in [0, 0.05) is 7.05 Å². The Kier molecular flexibility index (Phi) is 4.26. The zero-order chi connectivity index (χ0) is 15.5. The lowest BCUT2D eigenvalue weighted by Crippen LogP contribution is -2.16. The van der Waals surface area contributed by atoms with Gasteiger partial charge >= 0.3 is 6.36 Å². The lowest BCUT2D eigenvalue weighted by atomic mass is 10.0. The maximum Gasteiger partial charge on any atom is 0.573 e. The number of hydrogen-bond donors (Lipinski definition) is 1. The van der Waals surface area contributed by atoms with Gasteiger partial charge in [-0.3, -0.25) is 0 Å². The van der Waals surface area contributed by atoms with E-state index >= 15 is 0 Å². The Labute approximate surface area is 120 Å². The molecule has 2 aromatic carbocycles. The minimum absolute atomic E-state index is 0.242. The Balaban J connectivity index is 2.26. The zero-order valence-electron chi connectivity index (χ0n) is 11.5. The quantitative estimate of drug-likeness (QED) is 0.912. The van der Waals surface area contributed by atoms with Crippen LogP contribution >= 0.6 is 0 Å². The van der Waals surface area contributed by atoms with Crippen LogP contribution in [0.3, 0.4) is 0 Å². The van der Waals surface area contributed by atoms with Gasteiger partial charge in [-0.1, -0.05) is 18.2 Å². The first-order chi connectivity index (χ1) is 9.93. The number of nitrogens with one attached hydrogen (secondary N) is 1. The predicted octanol–water partition coefficient (Wildman–Crippen LogP) is 4.30. The smallest absolute Gasteiger partial charge is 0.495 e. The van der Waals surface area contributed by atoms with Gasteiger partial charge in [-0.05, 0) is 35.4 Å². The van der Waals surface area contributed by atoms with Crippen LogP contribution in [-0.2, 0) is 0 Å². The van der Waals surface area contributed by atoms with E-state index in [1.54, 1.807) is 32.4 Å². The largest absolute Gasteiger partial charge is 0.573 e. The molecule has 112 valence electrons. The topological polar surface area (TPSA) is 30.5 Å². The van der Waals surface area contributed by atoms with Gasteiger partial charge in [0.25, 0.3) is 0 Å². The SMILES string of the molecule is CNc1cc(-c2ccc(OC(F)(F)F)cc2)ccc1OC. The van der Waals surface area contributed by atoms with E-state index in [4.69, 9.17) is 4.74 Å². The van der Waals surface area contributed by atoms with Gasteiger partial charge in [0.05, 0.1) is 12.8 Å². The minimum Gasteiger partial charge on any atom is -0.495 e. The Morgan fingerprint density at radius 3 is 2.10 bits per heavy atom. The molecule has 0 bridgehead atoms. The van der Waals surface area contributed by atoms with Crippen molar-refractivity contribution in [2.75, 3.05) is 19.5 Å². The molecular weight excluding hydrogens is 283 g/mol. The monoisotopic (exact) mass is 297 g/mol. The molecular formula is C15H14F3NO2. The Morgan fingerprint density at radius 1 is 0.952 bits per heavy atom. The van der Waals surface area contributed by atoms with Gasteiger partial charge in [0.2, 0.25) is 0 Å². The molecule has 0 unspecified atom stereocenters. The van der Waals surface area contributed by atoms with Crippen LogP contribution in [0.4, 0.5) is 18.9 Å². The van der Waals surface area contributed by atoms with Gasteiger partial charge in [-0.15, -0.1) is 13.2 Å². The summed E-state index contributed by atoms with van der Waals surface area (Å²) in [4.78, 5) is 0. The normalized spacial score (nSPS) is 11.1.